The number of nitrogen functional groups attached to an aromatic ring is 1. The Balaban J connectivity index is 1.46. The number of nitrogens with zero attached hydrogens (tertiary/aromatic N) is 5. The van der Waals surface area contributed by atoms with Crippen molar-refractivity contribution in [1.29, 1.82) is 0 Å². The summed E-state index contributed by atoms with van der Waals surface area (Å²) >= 11 is 1.20. The summed E-state index contributed by atoms with van der Waals surface area (Å²) in [6.07, 6.45) is 2.53. The van der Waals surface area contributed by atoms with Gasteiger partial charge in [-0.05, 0) is 48.9 Å². The van der Waals surface area contributed by atoms with Crippen molar-refractivity contribution >= 4 is 38.8 Å². The fraction of sp³-hybridized carbons (Fsp3) is 0.111. The summed E-state index contributed by atoms with van der Waals surface area (Å²) in [4.78, 5) is 18.9. The van der Waals surface area contributed by atoms with E-state index in [1.807, 2.05) is 16.9 Å². The van der Waals surface area contributed by atoms with Gasteiger partial charge in [0.05, 0.1) is 22.0 Å². The van der Waals surface area contributed by atoms with Crippen molar-refractivity contribution in [3.63, 3.8) is 0 Å². The number of nitrogens with two attached hydrogens (primary N) is 1. The van der Waals surface area contributed by atoms with Crippen LogP contribution in [0.3, 0.4) is 0 Å². The number of halogens is 3. The quantitative estimate of drug-likeness (QED) is 0.258. The molecule has 1 fully saturated rings. The maximum Gasteiger partial charge on any atom is 0.267 e. The number of benzene rings is 2. The van der Waals surface area contributed by atoms with Crippen molar-refractivity contribution in [2.24, 2.45) is 0 Å². The Labute approximate surface area is 236 Å². The lowest BCUT2D eigenvalue weighted by Crippen LogP contribution is -2.37. The predicted octanol–water partition coefficient (Wildman–Crippen LogP) is 5.34. The summed E-state index contributed by atoms with van der Waals surface area (Å²) < 4.78 is 72.2. The molecule has 3 aromatic heterocycles. The fourth-order valence-electron chi connectivity index (χ4n) is 4.28. The third kappa shape index (κ3) is 5.07. The van der Waals surface area contributed by atoms with Crippen LogP contribution in [0.4, 0.5) is 30.6 Å². The average Bonchev–Trinajstić information content (AvgIpc) is 3.34. The second kappa shape index (κ2) is 10.4. The van der Waals surface area contributed by atoms with Gasteiger partial charge < -0.3 is 10.6 Å². The lowest BCUT2D eigenvalue weighted by Gasteiger charge is -2.32. The van der Waals surface area contributed by atoms with E-state index in [-0.39, 0.29) is 17.2 Å². The van der Waals surface area contributed by atoms with E-state index in [4.69, 9.17) is 10.7 Å². The van der Waals surface area contributed by atoms with Crippen LogP contribution >= 0.6 is 11.3 Å². The zero-order valence-corrected chi connectivity index (χ0v) is 22.7. The van der Waals surface area contributed by atoms with Crippen molar-refractivity contribution in [3.05, 3.63) is 84.3 Å². The van der Waals surface area contributed by atoms with E-state index < -0.39 is 38.1 Å². The van der Waals surface area contributed by atoms with Crippen LogP contribution in [0, 0.1) is 17.5 Å². The van der Waals surface area contributed by atoms with Crippen molar-refractivity contribution in [2.45, 2.75) is 11.3 Å². The molecule has 0 radical (unpaired) electrons. The first-order chi connectivity index (χ1) is 19.7. The van der Waals surface area contributed by atoms with Gasteiger partial charge in [-0.15, -0.1) is 11.3 Å². The third-order valence-electron chi connectivity index (χ3n) is 6.35. The number of nitrogens with one attached hydrogen (secondary N) is 1. The monoisotopic (exact) mass is 595 g/mol. The molecule has 0 aliphatic carbocycles. The minimum atomic E-state index is -4.82. The van der Waals surface area contributed by atoms with Crippen LogP contribution in [0.1, 0.15) is 6.42 Å². The van der Waals surface area contributed by atoms with E-state index in [1.165, 1.54) is 29.7 Å². The topological polar surface area (TPSA) is 127 Å². The number of rotatable bonds is 7. The molecule has 1 saturated heterocycles. The van der Waals surface area contributed by atoms with Crippen molar-refractivity contribution in [3.8, 4) is 32.5 Å². The van der Waals surface area contributed by atoms with Gasteiger partial charge >= 0.3 is 0 Å². The second-order valence-electron chi connectivity index (χ2n) is 9.04. The summed E-state index contributed by atoms with van der Waals surface area (Å²) in [5.74, 6) is -2.84. The largest absolute Gasteiger partial charge is 0.368 e. The van der Waals surface area contributed by atoms with Crippen LogP contribution in [0.5, 0.6) is 0 Å². The molecule has 2 aromatic carbocycles. The molecule has 4 heterocycles. The molecule has 3 N–H and O–H groups in total. The maximum atomic E-state index is 16.0. The van der Waals surface area contributed by atoms with Crippen LogP contribution in [-0.2, 0) is 10.0 Å². The first kappa shape index (κ1) is 26.7. The molecule has 208 valence electrons. The molecule has 0 amide bonds. The highest BCUT2D eigenvalue weighted by Crippen LogP contribution is 2.42. The molecule has 1 aliphatic rings. The Morgan fingerprint density at radius 2 is 1.61 bits per heavy atom. The summed E-state index contributed by atoms with van der Waals surface area (Å²) in [7, 11) is -4.82. The Hall–Kier alpha value is -4.56. The molecule has 6 rings (SSSR count). The normalized spacial score (nSPS) is 13.2. The number of hydrogen-bond acceptors (Lipinski definition) is 9. The number of thiazole rings is 1. The molecule has 0 saturated carbocycles. The number of pyridine rings is 1. The maximum absolute atomic E-state index is 16.0. The summed E-state index contributed by atoms with van der Waals surface area (Å²) in [5.41, 5.74) is 6.29. The van der Waals surface area contributed by atoms with Gasteiger partial charge in [-0.3, -0.25) is 4.72 Å². The molecule has 0 atom stereocenters. The number of hydrogen-bond donors (Lipinski definition) is 2. The van der Waals surface area contributed by atoms with E-state index >= 15 is 4.39 Å². The fourth-order valence-corrected chi connectivity index (χ4v) is 6.50. The van der Waals surface area contributed by atoms with Crippen LogP contribution in [-0.4, -0.2) is 41.4 Å². The van der Waals surface area contributed by atoms with E-state index in [0.717, 1.165) is 49.6 Å². The minimum absolute atomic E-state index is 0.00444. The minimum Gasteiger partial charge on any atom is -0.368 e. The van der Waals surface area contributed by atoms with Gasteiger partial charge in [-0.1, -0.05) is 18.2 Å². The second-order valence-corrected chi connectivity index (χ2v) is 11.7. The van der Waals surface area contributed by atoms with Gasteiger partial charge in [0.25, 0.3) is 10.0 Å². The third-order valence-corrected chi connectivity index (χ3v) is 8.87. The molecule has 1 aliphatic heterocycles. The highest BCUT2D eigenvalue weighted by molar-refractivity contribution is 7.92. The first-order valence-corrected chi connectivity index (χ1v) is 14.6. The molecule has 0 bridgehead atoms. The van der Waals surface area contributed by atoms with E-state index in [2.05, 4.69) is 19.9 Å². The van der Waals surface area contributed by atoms with Crippen LogP contribution < -0.4 is 15.4 Å². The highest BCUT2D eigenvalue weighted by atomic mass is 32.2. The van der Waals surface area contributed by atoms with Crippen LogP contribution in [0.25, 0.3) is 32.5 Å². The summed E-state index contributed by atoms with van der Waals surface area (Å²) in [6.45, 7) is 1.80. The van der Waals surface area contributed by atoms with Crippen LogP contribution in [0.2, 0.25) is 0 Å². The number of sulfonamides is 1. The standard InChI is InChI=1S/C27H20F3N7O2S2/c28-16-6-2-7-17(29)25(16)41(38,39)36-18-8-1-5-15(22(18)30)23-24(19-11-12-32-27(31)34-19)40-26(35-23)20-9-3-10-21(33-20)37-13-4-14-37/h1-3,5-12,36H,4,13-14H2,(H2,31,32,34). The van der Waals surface area contributed by atoms with Crippen molar-refractivity contribution in [1.82, 2.24) is 19.9 Å². The molecule has 14 heteroatoms. The summed E-state index contributed by atoms with van der Waals surface area (Å²) in [5, 5.41) is 0.466. The van der Waals surface area contributed by atoms with Crippen molar-refractivity contribution in [2.75, 3.05) is 28.4 Å². The molecular weight excluding hydrogens is 575 g/mol. The van der Waals surface area contributed by atoms with Gasteiger partial charge in [0.1, 0.15) is 28.2 Å². The summed E-state index contributed by atoms with van der Waals surface area (Å²) in [6, 6.07) is 13.7. The van der Waals surface area contributed by atoms with Crippen LogP contribution in [0.15, 0.2) is 71.8 Å². The molecular formula is C27H20F3N7O2S2. The lowest BCUT2D eigenvalue weighted by molar-refractivity contribution is 0.521. The molecule has 0 unspecified atom stereocenters. The van der Waals surface area contributed by atoms with E-state index in [1.54, 1.807) is 12.1 Å². The Kier molecular flexibility index (Phi) is 6.79. The molecule has 9 nitrogen and oxygen atoms in total. The molecule has 0 spiro atoms. The SMILES string of the molecule is Nc1nccc(-c2sc(-c3cccc(N4CCC4)n3)nc2-c2cccc(NS(=O)(=O)c3c(F)cccc3F)c2F)n1. The van der Waals surface area contributed by atoms with Gasteiger partial charge in [-0.25, -0.2) is 41.5 Å². The first-order valence-electron chi connectivity index (χ1n) is 12.3. The van der Waals surface area contributed by atoms with Gasteiger partial charge in [0, 0.05) is 24.8 Å². The van der Waals surface area contributed by atoms with Gasteiger partial charge in [0.15, 0.2) is 10.7 Å². The zero-order chi connectivity index (χ0) is 28.7. The molecule has 41 heavy (non-hydrogen) atoms. The zero-order valence-electron chi connectivity index (χ0n) is 21.1. The Bertz CT molecular complexity index is 1880. The Morgan fingerprint density at radius 3 is 2.32 bits per heavy atom. The number of aromatic nitrogens is 4. The Morgan fingerprint density at radius 1 is 0.878 bits per heavy atom. The van der Waals surface area contributed by atoms with Crippen molar-refractivity contribution < 1.29 is 21.6 Å². The average molecular weight is 596 g/mol. The van der Waals surface area contributed by atoms with Gasteiger partial charge in [0.2, 0.25) is 5.95 Å². The molecule has 5 aromatic rings. The lowest BCUT2D eigenvalue weighted by atomic mass is 10.1. The highest BCUT2D eigenvalue weighted by Gasteiger charge is 2.27. The van der Waals surface area contributed by atoms with Gasteiger partial charge in [-0.2, -0.15) is 0 Å². The van der Waals surface area contributed by atoms with E-state index in [9.17, 15) is 17.2 Å². The predicted molar refractivity (Wildman–Crippen MR) is 150 cm³/mol. The smallest absolute Gasteiger partial charge is 0.267 e. The number of anilines is 3. The van der Waals surface area contributed by atoms with E-state index in [0.29, 0.717) is 21.3 Å².